The number of carbonyl (C=O) groups is 1. The van der Waals surface area contributed by atoms with E-state index in [0.29, 0.717) is 11.3 Å². The normalized spacial score (nSPS) is 11.6. The van der Waals surface area contributed by atoms with E-state index in [1.165, 1.54) is 24.3 Å². The molecule has 19 heavy (non-hydrogen) atoms. The zero-order valence-corrected chi connectivity index (χ0v) is 10.1. The van der Waals surface area contributed by atoms with E-state index in [2.05, 4.69) is 15.8 Å². The molecule has 0 unspecified atom stereocenters. The molecule has 1 rings (SSSR count). The van der Waals surface area contributed by atoms with Gasteiger partial charge in [0.2, 0.25) is 0 Å². The van der Waals surface area contributed by atoms with Crippen LogP contribution in [0.5, 0.6) is 0 Å². The van der Waals surface area contributed by atoms with Crippen LogP contribution in [0.2, 0.25) is 0 Å². The van der Waals surface area contributed by atoms with E-state index in [-0.39, 0.29) is 6.61 Å². The van der Waals surface area contributed by atoms with Crippen molar-refractivity contribution in [2.24, 2.45) is 10.3 Å². The van der Waals surface area contributed by atoms with E-state index in [1.54, 1.807) is 6.92 Å². The van der Waals surface area contributed by atoms with Crippen molar-refractivity contribution < 1.29 is 22.7 Å². The lowest BCUT2D eigenvalue weighted by Crippen LogP contribution is -2.11. The predicted molar refractivity (Wildman–Crippen MR) is 61.8 cm³/mol. The van der Waals surface area contributed by atoms with Crippen LogP contribution in [0, 0.1) is 0 Å². The van der Waals surface area contributed by atoms with Crippen LogP contribution in [0.1, 0.15) is 17.3 Å². The molecule has 5 nitrogen and oxygen atoms in total. The first-order valence-corrected chi connectivity index (χ1v) is 5.39. The molecule has 0 saturated heterocycles. The Morgan fingerprint density at radius 3 is 2.47 bits per heavy atom. The second-order valence-corrected chi connectivity index (χ2v) is 3.42. The van der Waals surface area contributed by atoms with Gasteiger partial charge in [-0.1, -0.05) is 5.22 Å². The number of halogens is 3. The van der Waals surface area contributed by atoms with Crippen molar-refractivity contribution in [3.05, 3.63) is 29.8 Å². The number of carbonyl (C=O) groups excluding carboxylic acids is 1. The minimum Gasteiger partial charge on any atom is -0.462 e. The summed E-state index contributed by atoms with van der Waals surface area (Å²) in [6.07, 6.45) is -4.38. The summed E-state index contributed by atoms with van der Waals surface area (Å²) in [6.45, 7) is 0.611. The molecule has 0 radical (unpaired) electrons. The molecular formula is C11H12F3N3O2. The summed E-state index contributed by atoms with van der Waals surface area (Å²) < 4.78 is 40.1. The van der Waals surface area contributed by atoms with Gasteiger partial charge >= 0.3 is 12.1 Å². The molecular weight excluding hydrogens is 263 g/mol. The molecule has 0 aliphatic rings. The molecule has 0 bridgehead atoms. The third-order valence-corrected chi connectivity index (χ3v) is 1.90. The smallest absolute Gasteiger partial charge is 0.409 e. The van der Waals surface area contributed by atoms with Crippen LogP contribution in [0.15, 0.2) is 34.6 Å². The van der Waals surface area contributed by atoms with Crippen LogP contribution in [-0.2, 0) is 4.74 Å². The highest BCUT2D eigenvalue weighted by Crippen LogP contribution is 2.15. The van der Waals surface area contributed by atoms with Crippen LogP contribution in [0.4, 0.5) is 18.9 Å². The number of benzene rings is 1. The van der Waals surface area contributed by atoms with Gasteiger partial charge in [0.25, 0.3) is 0 Å². The molecule has 0 amide bonds. The number of alkyl halides is 3. The Bertz CT molecular complexity index is 443. The van der Waals surface area contributed by atoms with Crippen LogP contribution >= 0.6 is 0 Å². The third-order valence-electron chi connectivity index (χ3n) is 1.90. The van der Waals surface area contributed by atoms with Gasteiger partial charge in [-0.15, -0.1) is 0 Å². The lowest BCUT2D eigenvalue weighted by molar-refractivity contribution is -0.119. The fraction of sp³-hybridized carbons (Fsp3) is 0.364. The van der Waals surface area contributed by atoms with Gasteiger partial charge in [-0.25, -0.2) is 4.79 Å². The van der Waals surface area contributed by atoms with Gasteiger partial charge < -0.3 is 4.74 Å². The molecule has 0 atom stereocenters. The predicted octanol–water partition coefficient (Wildman–Crippen LogP) is 3.20. The summed E-state index contributed by atoms with van der Waals surface area (Å²) in [5.74, 6) is -0.465. The molecule has 104 valence electrons. The number of hydrogen-bond donors (Lipinski definition) is 1. The molecule has 8 heteroatoms. The minimum absolute atomic E-state index is 0.268. The molecule has 0 fully saturated rings. The van der Waals surface area contributed by atoms with E-state index in [0.717, 1.165) is 0 Å². The number of nitrogens with zero attached hydrogens (tertiary/aromatic N) is 2. The minimum atomic E-state index is -4.38. The van der Waals surface area contributed by atoms with Gasteiger partial charge in [0, 0.05) is 0 Å². The Balaban J connectivity index is 2.51. The largest absolute Gasteiger partial charge is 0.462 e. The summed E-state index contributed by atoms with van der Waals surface area (Å²) >= 11 is 0. The second-order valence-electron chi connectivity index (χ2n) is 3.42. The fourth-order valence-corrected chi connectivity index (χ4v) is 1.10. The van der Waals surface area contributed by atoms with Crippen molar-refractivity contribution >= 4 is 11.7 Å². The van der Waals surface area contributed by atoms with Crippen molar-refractivity contribution in [1.29, 1.82) is 0 Å². The van der Waals surface area contributed by atoms with Crippen molar-refractivity contribution in [3.8, 4) is 0 Å². The van der Waals surface area contributed by atoms with Crippen molar-refractivity contribution in [1.82, 2.24) is 0 Å². The number of anilines is 1. The SMILES string of the molecule is CCOC(=O)c1ccc(NN=NCC(F)(F)F)cc1. The lowest BCUT2D eigenvalue weighted by atomic mass is 10.2. The molecule has 1 aromatic rings. The van der Waals surface area contributed by atoms with Crippen molar-refractivity contribution in [3.63, 3.8) is 0 Å². The maximum absolute atomic E-state index is 11.8. The first-order valence-electron chi connectivity index (χ1n) is 5.39. The van der Waals surface area contributed by atoms with Gasteiger partial charge in [-0.2, -0.15) is 18.3 Å². The Labute approximate surface area is 107 Å². The Kier molecular flexibility index (Phi) is 5.28. The van der Waals surface area contributed by atoms with Crippen LogP contribution in [0.25, 0.3) is 0 Å². The average Bonchev–Trinajstić information content (AvgIpc) is 2.34. The summed E-state index contributed by atoms with van der Waals surface area (Å²) in [4.78, 5) is 11.3. The topological polar surface area (TPSA) is 63.0 Å². The fourth-order valence-electron chi connectivity index (χ4n) is 1.10. The van der Waals surface area contributed by atoms with Crippen molar-refractivity contribution in [2.45, 2.75) is 13.1 Å². The zero-order valence-electron chi connectivity index (χ0n) is 10.1. The molecule has 1 aromatic carbocycles. The highest BCUT2D eigenvalue weighted by atomic mass is 19.4. The summed E-state index contributed by atoms with van der Waals surface area (Å²) in [7, 11) is 0. The quantitative estimate of drug-likeness (QED) is 0.510. The maximum atomic E-state index is 11.8. The number of ether oxygens (including phenoxy) is 1. The van der Waals surface area contributed by atoms with E-state index in [1.807, 2.05) is 0 Å². The first-order chi connectivity index (χ1) is 8.92. The molecule has 0 heterocycles. The highest BCUT2D eigenvalue weighted by molar-refractivity contribution is 5.89. The van der Waals surface area contributed by atoms with Crippen molar-refractivity contribution in [2.75, 3.05) is 18.6 Å². The second kappa shape index (κ2) is 6.72. The number of hydrogen-bond acceptors (Lipinski definition) is 4. The van der Waals surface area contributed by atoms with Gasteiger partial charge in [0.1, 0.15) is 0 Å². The Morgan fingerprint density at radius 1 is 1.32 bits per heavy atom. The lowest BCUT2D eigenvalue weighted by Gasteiger charge is -2.03. The number of nitrogens with one attached hydrogen (secondary N) is 1. The van der Waals surface area contributed by atoms with Crippen LogP contribution in [0.3, 0.4) is 0 Å². The molecule has 0 aliphatic carbocycles. The zero-order chi connectivity index (χ0) is 14.3. The van der Waals surface area contributed by atoms with Crippen LogP contribution < -0.4 is 5.43 Å². The average molecular weight is 275 g/mol. The number of esters is 1. The van der Waals surface area contributed by atoms with Crippen LogP contribution in [-0.4, -0.2) is 25.3 Å². The number of rotatable bonds is 5. The Morgan fingerprint density at radius 2 is 1.95 bits per heavy atom. The summed E-state index contributed by atoms with van der Waals surface area (Å²) in [6, 6.07) is 5.91. The van der Waals surface area contributed by atoms with Gasteiger partial charge in [0.05, 0.1) is 17.9 Å². The highest BCUT2D eigenvalue weighted by Gasteiger charge is 2.26. The third kappa shape index (κ3) is 5.84. The summed E-state index contributed by atoms with van der Waals surface area (Å²) in [5.41, 5.74) is 3.08. The monoisotopic (exact) mass is 275 g/mol. The molecule has 0 aliphatic heterocycles. The standard InChI is InChI=1S/C11H12F3N3O2/c1-2-19-10(18)8-3-5-9(6-4-8)16-17-15-7-11(12,13)14/h3-6H,2,7H2,1H3,(H,15,16). The summed E-state index contributed by atoms with van der Waals surface area (Å²) in [5, 5.41) is 6.10. The first kappa shape index (κ1) is 14.9. The maximum Gasteiger partial charge on any atom is 0.409 e. The molecule has 1 N–H and O–H groups in total. The molecule has 0 aromatic heterocycles. The van der Waals surface area contributed by atoms with E-state index in [9.17, 15) is 18.0 Å². The molecule has 0 saturated carbocycles. The van der Waals surface area contributed by atoms with Gasteiger partial charge in [-0.3, -0.25) is 5.43 Å². The van der Waals surface area contributed by atoms with Gasteiger partial charge in [-0.05, 0) is 31.2 Å². The van der Waals surface area contributed by atoms with Gasteiger partial charge in [0.15, 0.2) is 6.54 Å². The van der Waals surface area contributed by atoms with E-state index >= 15 is 0 Å². The Hall–Kier alpha value is -2.12. The van der Waals surface area contributed by atoms with E-state index < -0.39 is 18.7 Å². The van der Waals surface area contributed by atoms with E-state index in [4.69, 9.17) is 4.74 Å². The molecule has 0 spiro atoms.